The van der Waals surface area contributed by atoms with Crippen LogP contribution in [-0.2, 0) is 6.54 Å². The first-order chi connectivity index (χ1) is 15.7. The highest BCUT2D eigenvalue weighted by Gasteiger charge is 2.24. The summed E-state index contributed by atoms with van der Waals surface area (Å²) >= 11 is 7.79. The van der Waals surface area contributed by atoms with Crippen molar-refractivity contribution < 1.29 is 5.11 Å². The lowest BCUT2D eigenvalue weighted by Crippen LogP contribution is -2.31. The van der Waals surface area contributed by atoms with Crippen molar-refractivity contribution in [1.29, 1.82) is 0 Å². The molecule has 0 amide bonds. The van der Waals surface area contributed by atoms with Crippen molar-refractivity contribution in [3.8, 4) is 23.0 Å². The number of fused-ring (bicyclic) bond motifs is 1. The highest BCUT2D eigenvalue weighted by Crippen LogP contribution is 2.29. The molecular weight excluding hydrogens is 436 g/mol. The fourth-order valence-electron chi connectivity index (χ4n) is 4.18. The van der Waals surface area contributed by atoms with E-state index >= 15 is 0 Å². The highest BCUT2D eigenvalue weighted by atomic mass is 35.5. The number of halogens is 1. The van der Waals surface area contributed by atoms with Gasteiger partial charge in [-0.25, -0.2) is 4.98 Å². The smallest absolute Gasteiger partial charge is 0.113 e. The van der Waals surface area contributed by atoms with Crippen molar-refractivity contribution in [2.24, 2.45) is 0 Å². The van der Waals surface area contributed by atoms with Crippen LogP contribution in [0.25, 0.3) is 21.2 Å². The molecule has 1 atom stereocenters. The quantitative estimate of drug-likeness (QED) is 0.382. The molecule has 1 aliphatic heterocycles. The molecule has 3 heterocycles. The van der Waals surface area contributed by atoms with Gasteiger partial charge in [-0.2, -0.15) is 0 Å². The summed E-state index contributed by atoms with van der Waals surface area (Å²) in [5, 5.41) is 11.5. The van der Waals surface area contributed by atoms with E-state index in [-0.39, 0.29) is 6.61 Å². The zero-order chi connectivity index (χ0) is 21.9. The van der Waals surface area contributed by atoms with E-state index in [9.17, 15) is 5.11 Å². The van der Waals surface area contributed by atoms with Crippen molar-refractivity contribution in [2.75, 3.05) is 13.2 Å². The third-order valence-electron chi connectivity index (χ3n) is 5.91. The van der Waals surface area contributed by atoms with Crippen LogP contribution in [0.15, 0.2) is 66.9 Å². The van der Waals surface area contributed by atoms with Gasteiger partial charge >= 0.3 is 0 Å². The normalized spacial score (nSPS) is 16.2. The molecule has 1 saturated heterocycles. The summed E-state index contributed by atoms with van der Waals surface area (Å²) in [5.41, 5.74) is 3.86. The van der Waals surface area contributed by atoms with Crippen LogP contribution in [0.1, 0.15) is 29.0 Å². The first kappa shape index (κ1) is 21.2. The maximum absolute atomic E-state index is 9.56. The van der Waals surface area contributed by atoms with Crippen LogP contribution in [0, 0.1) is 11.8 Å². The third kappa shape index (κ3) is 4.72. The zero-order valence-corrected chi connectivity index (χ0v) is 19.2. The molecule has 32 heavy (non-hydrogen) atoms. The fourth-order valence-corrected chi connectivity index (χ4v) is 5.38. The molecule has 0 unspecified atom stereocenters. The van der Waals surface area contributed by atoms with E-state index < -0.39 is 0 Å². The van der Waals surface area contributed by atoms with E-state index in [1.807, 2.05) is 53.9 Å². The minimum absolute atomic E-state index is 0.249. The largest absolute Gasteiger partial charge is 0.395 e. The molecule has 3 nitrogen and oxygen atoms in total. The number of likely N-dealkylation sites (tertiary alicyclic amines) is 1. The first-order valence-corrected chi connectivity index (χ1v) is 12.0. The molecule has 2 aromatic heterocycles. The van der Waals surface area contributed by atoms with Gasteiger partial charge in [0, 0.05) is 44.5 Å². The number of aliphatic hydroxyl groups is 1. The second-order valence-electron chi connectivity index (χ2n) is 8.10. The van der Waals surface area contributed by atoms with E-state index in [1.54, 1.807) is 0 Å². The summed E-state index contributed by atoms with van der Waals surface area (Å²) in [5.74, 6) is 6.43. The molecule has 5 rings (SSSR count). The van der Waals surface area contributed by atoms with Crippen molar-refractivity contribution >= 4 is 33.0 Å². The van der Waals surface area contributed by atoms with Gasteiger partial charge < -0.3 is 5.11 Å². The highest BCUT2D eigenvalue weighted by molar-refractivity contribution is 7.19. The van der Waals surface area contributed by atoms with Crippen LogP contribution in [0.4, 0.5) is 0 Å². The second kappa shape index (κ2) is 9.44. The summed E-state index contributed by atoms with van der Waals surface area (Å²) in [6.45, 7) is 2.23. The van der Waals surface area contributed by atoms with Gasteiger partial charge in [-0.3, -0.25) is 4.90 Å². The predicted molar refractivity (Wildman–Crippen MR) is 133 cm³/mol. The van der Waals surface area contributed by atoms with E-state index in [0.29, 0.717) is 6.04 Å². The Morgan fingerprint density at radius 1 is 1.03 bits per heavy atom. The molecule has 0 bridgehead atoms. The van der Waals surface area contributed by atoms with Gasteiger partial charge in [-0.1, -0.05) is 35.7 Å². The standard InChI is InChI=1S/C27H23ClN2OS/c28-23-8-5-20(6-9-23)21-7-11-24(29-16-21)10-3-19-4-12-27-22(14-19)15-26(32-27)17-30-13-1-2-25(30)18-31/h4-9,11-12,14-16,25,31H,1-2,13,17-18H2/t25-/m0/s1. The van der Waals surface area contributed by atoms with E-state index in [1.165, 1.54) is 21.4 Å². The number of hydrogen-bond donors (Lipinski definition) is 1. The number of hydrogen-bond acceptors (Lipinski definition) is 4. The van der Waals surface area contributed by atoms with Crippen LogP contribution in [0.3, 0.4) is 0 Å². The Bertz CT molecular complexity index is 1290. The maximum Gasteiger partial charge on any atom is 0.113 e. The number of pyridine rings is 1. The monoisotopic (exact) mass is 458 g/mol. The van der Waals surface area contributed by atoms with Crippen molar-refractivity contribution in [3.05, 3.63) is 88.0 Å². The predicted octanol–water partition coefficient (Wildman–Crippen LogP) is 5.97. The lowest BCUT2D eigenvalue weighted by molar-refractivity contribution is 0.154. The van der Waals surface area contributed by atoms with Crippen LogP contribution >= 0.6 is 22.9 Å². The summed E-state index contributed by atoms with van der Waals surface area (Å²) in [7, 11) is 0. The van der Waals surface area contributed by atoms with Gasteiger partial charge in [-0.05, 0) is 78.7 Å². The van der Waals surface area contributed by atoms with Gasteiger partial charge in [0.15, 0.2) is 0 Å². The number of nitrogens with zero attached hydrogens (tertiary/aromatic N) is 2. The summed E-state index contributed by atoms with van der Waals surface area (Å²) in [6, 6.07) is 20.7. The van der Waals surface area contributed by atoms with Gasteiger partial charge in [0.05, 0.1) is 6.61 Å². The van der Waals surface area contributed by atoms with Crippen LogP contribution < -0.4 is 0 Å². The molecule has 1 aliphatic rings. The molecule has 4 aromatic rings. The molecule has 5 heteroatoms. The van der Waals surface area contributed by atoms with Crippen molar-refractivity contribution in [2.45, 2.75) is 25.4 Å². The van der Waals surface area contributed by atoms with Gasteiger partial charge in [0.2, 0.25) is 0 Å². The fraction of sp³-hybridized carbons (Fsp3) is 0.222. The number of aliphatic hydroxyl groups excluding tert-OH is 1. The number of benzene rings is 2. The molecule has 0 saturated carbocycles. The Balaban J connectivity index is 1.31. The Morgan fingerprint density at radius 3 is 2.66 bits per heavy atom. The maximum atomic E-state index is 9.56. The summed E-state index contributed by atoms with van der Waals surface area (Å²) in [4.78, 5) is 8.23. The van der Waals surface area contributed by atoms with Crippen LogP contribution in [0.5, 0.6) is 0 Å². The minimum atomic E-state index is 0.249. The molecule has 1 N–H and O–H groups in total. The van der Waals surface area contributed by atoms with Crippen molar-refractivity contribution in [3.63, 3.8) is 0 Å². The molecule has 0 aliphatic carbocycles. The summed E-state index contributed by atoms with van der Waals surface area (Å²) in [6.07, 6.45) is 4.11. The van der Waals surface area contributed by atoms with Crippen molar-refractivity contribution in [1.82, 2.24) is 9.88 Å². The van der Waals surface area contributed by atoms with E-state index in [0.717, 1.165) is 46.9 Å². The zero-order valence-electron chi connectivity index (χ0n) is 17.6. The molecular formula is C27H23ClN2OS. The number of thiophene rings is 1. The lowest BCUT2D eigenvalue weighted by atomic mass is 10.1. The van der Waals surface area contributed by atoms with Gasteiger partial charge in [0.1, 0.15) is 5.69 Å². The Labute approximate surface area is 197 Å². The number of aromatic nitrogens is 1. The molecule has 160 valence electrons. The Kier molecular flexibility index (Phi) is 6.25. The van der Waals surface area contributed by atoms with Gasteiger partial charge in [0.25, 0.3) is 0 Å². The second-order valence-corrected chi connectivity index (χ2v) is 9.71. The Morgan fingerprint density at radius 2 is 1.88 bits per heavy atom. The molecule has 0 radical (unpaired) electrons. The molecule has 1 fully saturated rings. The topological polar surface area (TPSA) is 36.4 Å². The lowest BCUT2D eigenvalue weighted by Gasteiger charge is -2.21. The average molecular weight is 459 g/mol. The van der Waals surface area contributed by atoms with Crippen LogP contribution in [-0.4, -0.2) is 34.2 Å². The first-order valence-electron chi connectivity index (χ1n) is 10.8. The minimum Gasteiger partial charge on any atom is -0.395 e. The Hall–Kier alpha value is -2.68. The number of rotatable bonds is 4. The van der Waals surface area contributed by atoms with Gasteiger partial charge in [-0.15, -0.1) is 11.3 Å². The summed E-state index contributed by atoms with van der Waals surface area (Å²) < 4.78 is 1.27. The van der Waals surface area contributed by atoms with E-state index in [4.69, 9.17) is 11.6 Å². The molecule has 0 spiro atoms. The average Bonchev–Trinajstić information content (AvgIpc) is 3.44. The SMILES string of the molecule is OC[C@@H]1CCCN1Cc1cc2cc(C#Cc3ccc(-c4ccc(Cl)cc4)cn3)ccc2s1. The van der Waals surface area contributed by atoms with Crippen LogP contribution in [0.2, 0.25) is 5.02 Å². The van der Waals surface area contributed by atoms with E-state index in [2.05, 4.69) is 46.0 Å². The molecule has 2 aromatic carbocycles. The third-order valence-corrected chi connectivity index (χ3v) is 7.26.